The Morgan fingerprint density at radius 3 is 3.05 bits per heavy atom. The van der Waals surface area contributed by atoms with Gasteiger partial charge >= 0.3 is 6.09 Å². The molecule has 2 fully saturated rings. The molecular weight excluding hydrogens is 296 g/mol. The molecule has 4 nitrogen and oxygen atoms in total. The highest BCUT2D eigenvalue weighted by molar-refractivity contribution is 8.00. The van der Waals surface area contributed by atoms with Crippen LogP contribution in [-0.2, 0) is 4.74 Å². The summed E-state index contributed by atoms with van der Waals surface area (Å²) in [6, 6.07) is 8.47. The topological polar surface area (TPSA) is 41.6 Å². The second-order valence-electron chi connectivity index (χ2n) is 6.37. The Morgan fingerprint density at radius 1 is 1.50 bits per heavy atom. The number of anilines is 1. The van der Waals surface area contributed by atoms with Crippen molar-refractivity contribution >= 4 is 23.5 Å². The van der Waals surface area contributed by atoms with Crippen molar-refractivity contribution in [2.75, 3.05) is 30.3 Å². The van der Waals surface area contributed by atoms with Crippen molar-refractivity contribution in [3.8, 4) is 0 Å². The van der Waals surface area contributed by atoms with Crippen LogP contribution in [0.1, 0.15) is 38.3 Å². The van der Waals surface area contributed by atoms with E-state index in [4.69, 9.17) is 4.74 Å². The van der Waals surface area contributed by atoms with E-state index >= 15 is 0 Å². The van der Waals surface area contributed by atoms with E-state index in [-0.39, 0.29) is 12.1 Å². The van der Waals surface area contributed by atoms with Crippen LogP contribution in [0, 0.1) is 0 Å². The number of rotatable bonds is 5. The van der Waals surface area contributed by atoms with Crippen LogP contribution in [-0.4, -0.2) is 36.3 Å². The minimum absolute atomic E-state index is 0.243. The molecule has 3 rings (SSSR count). The van der Waals surface area contributed by atoms with Gasteiger partial charge in [0.15, 0.2) is 0 Å². The van der Waals surface area contributed by atoms with Gasteiger partial charge in [0.25, 0.3) is 0 Å². The molecule has 0 aliphatic carbocycles. The summed E-state index contributed by atoms with van der Waals surface area (Å²) in [6.45, 7) is 6.67. The van der Waals surface area contributed by atoms with Gasteiger partial charge in [0.1, 0.15) is 6.61 Å². The SMILES string of the molecule is C[C@H](NC[C@]1(C)CCCS1)c1cccc(N2CCOC2=O)c1. The number of nitrogens with one attached hydrogen (secondary N) is 1. The average Bonchev–Trinajstić information content (AvgIpc) is 3.14. The van der Waals surface area contributed by atoms with Crippen LogP contribution in [0.15, 0.2) is 24.3 Å². The molecule has 2 atom stereocenters. The third-order valence-corrected chi connectivity index (χ3v) is 6.06. The van der Waals surface area contributed by atoms with Crippen LogP contribution in [0.5, 0.6) is 0 Å². The molecule has 0 unspecified atom stereocenters. The maximum absolute atomic E-state index is 11.7. The van der Waals surface area contributed by atoms with Crippen LogP contribution in [0.3, 0.4) is 0 Å². The molecule has 1 amide bonds. The number of amides is 1. The van der Waals surface area contributed by atoms with Gasteiger partial charge in [-0.15, -0.1) is 0 Å². The molecule has 0 spiro atoms. The molecular formula is C17H24N2O2S. The first-order valence-corrected chi connectivity index (χ1v) is 8.98. The molecule has 2 aliphatic heterocycles. The summed E-state index contributed by atoms with van der Waals surface area (Å²) in [6.07, 6.45) is 2.37. The van der Waals surface area contributed by atoms with Gasteiger partial charge in [0.2, 0.25) is 0 Å². The van der Waals surface area contributed by atoms with Crippen LogP contribution in [0.2, 0.25) is 0 Å². The summed E-state index contributed by atoms with van der Waals surface area (Å²) in [4.78, 5) is 13.4. The fraction of sp³-hybridized carbons (Fsp3) is 0.588. The molecule has 1 aromatic carbocycles. The van der Waals surface area contributed by atoms with E-state index in [0.29, 0.717) is 17.9 Å². The zero-order valence-electron chi connectivity index (χ0n) is 13.3. The van der Waals surface area contributed by atoms with Gasteiger partial charge in [-0.3, -0.25) is 4.90 Å². The lowest BCUT2D eigenvalue weighted by atomic mass is 10.0. The quantitative estimate of drug-likeness (QED) is 0.900. The molecule has 0 radical (unpaired) electrons. The number of hydrogen-bond acceptors (Lipinski definition) is 4. The van der Waals surface area contributed by atoms with Gasteiger partial charge in [-0.25, -0.2) is 4.79 Å². The monoisotopic (exact) mass is 320 g/mol. The lowest BCUT2D eigenvalue weighted by molar-refractivity contribution is 0.181. The van der Waals surface area contributed by atoms with Gasteiger partial charge in [-0.05, 0) is 50.1 Å². The lowest BCUT2D eigenvalue weighted by Crippen LogP contribution is -2.34. The van der Waals surface area contributed by atoms with E-state index in [1.165, 1.54) is 24.2 Å². The predicted octanol–water partition coefficient (Wildman–Crippen LogP) is 3.58. The van der Waals surface area contributed by atoms with E-state index < -0.39 is 0 Å². The molecule has 2 heterocycles. The first kappa shape index (κ1) is 15.7. The molecule has 0 bridgehead atoms. The maximum atomic E-state index is 11.7. The van der Waals surface area contributed by atoms with E-state index in [1.54, 1.807) is 4.90 Å². The number of carbonyl (C=O) groups excluding carboxylic acids is 1. The molecule has 2 aliphatic rings. The molecule has 1 aromatic rings. The van der Waals surface area contributed by atoms with E-state index in [1.807, 2.05) is 12.1 Å². The second-order valence-corrected chi connectivity index (χ2v) is 8.05. The van der Waals surface area contributed by atoms with Crippen molar-refractivity contribution in [3.63, 3.8) is 0 Å². The minimum atomic E-state index is -0.243. The predicted molar refractivity (Wildman–Crippen MR) is 91.7 cm³/mol. The summed E-state index contributed by atoms with van der Waals surface area (Å²) < 4.78 is 5.38. The largest absolute Gasteiger partial charge is 0.447 e. The normalized spacial score (nSPS) is 26.3. The number of benzene rings is 1. The van der Waals surface area contributed by atoms with Gasteiger partial charge in [0, 0.05) is 23.0 Å². The number of ether oxygens (including phenoxy) is 1. The van der Waals surface area contributed by atoms with E-state index in [9.17, 15) is 4.79 Å². The van der Waals surface area contributed by atoms with Crippen molar-refractivity contribution in [1.82, 2.24) is 5.32 Å². The summed E-state index contributed by atoms with van der Waals surface area (Å²) in [5.41, 5.74) is 2.14. The summed E-state index contributed by atoms with van der Waals surface area (Å²) >= 11 is 2.07. The number of cyclic esters (lactones) is 1. The fourth-order valence-electron chi connectivity index (χ4n) is 3.05. The Balaban J connectivity index is 1.65. The Kier molecular flexibility index (Phi) is 4.64. The highest BCUT2D eigenvalue weighted by Gasteiger charge is 2.29. The van der Waals surface area contributed by atoms with Gasteiger partial charge < -0.3 is 10.1 Å². The maximum Gasteiger partial charge on any atom is 0.414 e. The van der Waals surface area contributed by atoms with Crippen molar-refractivity contribution in [2.45, 2.75) is 37.5 Å². The van der Waals surface area contributed by atoms with Crippen molar-refractivity contribution in [3.05, 3.63) is 29.8 Å². The summed E-state index contributed by atoms with van der Waals surface area (Å²) in [7, 11) is 0. The van der Waals surface area contributed by atoms with E-state index in [2.05, 4.69) is 43.1 Å². The summed E-state index contributed by atoms with van der Waals surface area (Å²) in [5, 5.41) is 3.65. The molecule has 120 valence electrons. The Bertz CT molecular complexity index is 543. The van der Waals surface area contributed by atoms with Gasteiger partial charge in [-0.2, -0.15) is 11.8 Å². The molecule has 0 saturated carbocycles. The van der Waals surface area contributed by atoms with Crippen LogP contribution < -0.4 is 10.2 Å². The Morgan fingerprint density at radius 2 is 2.36 bits per heavy atom. The Labute approximate surface area is 136 Å². The average molecular weight is 320 g/mol. The molecule has 0 aromatic heterocycles. The smallest absolute Gasteiger partial charge is 0.414 e. The first-order chi connectivity index (χ1) is 10.6. The van der Waals surface area contributed by atoms with Gasteiger partial charge in [-0.1, -0.05) is 12.1 Å². The van der Waals surface area contributed by atoms with Crippen LogP contribution in [0.25, 0.3) is 0 Å². The molecule has 1 N–H and O–H groups in total. The standard InChI is InChI=1S/C17H24N2O2S/c1-13(18-12-17(2)7-4-10-22-17)14-5-3-6-15(11-14)19-8-9-21-16(19)20/h3,5-6,11,13,18H,4,7-10,12H2,1-2H3/t13-,17-/m0/s1. The zero-order chi connectivity index (χ0) is 15.6. The molecule has 2 saturated heterocycles. The molecule has 5 heteroatoms. The first-order valence-electron chi connectivity index (χ1n) is 7.99. The van der Waals surface area contributed by atoms with Crippen molar-refractivity contribution < 1.29 is 9.53 Å². The third kappa shape index (κ3) is 3.41. The number of carbonyl (C=O) groups is 1. The Hall–Kier alpha value is -1.20. The molecule has 22 heavy (non-hydrogen) atoms. The van der Waals surface area contributed by atoms with Gasteiger partial charge in [0.05, 0.1) is 6.54 Å². The van der Waals surface area contributed by atoms with Crippen molar-refractivity contribution in [2.24, 2.45) is 0 Å². The second kappa shape index (κ2) is 6.50. The van der Waals surface area contributed by atoms with E-state index in [0.717, 1.165) is 12.2 Å². The number of thioether (sulfide) groups is 1. The van der Waals surface area contributed by atoms with Crippen LogP contribution in [0.4, 0.5) is 10.5 Å². The zero-order valence-corrected chi connectivity index (χ0v) is 14.1. The highest BCUT2D eigenvalue weighted by atomic mass is 32.2. The number of hydrogen-bond donors (Lipinski definition) is 1. The third-order valence-electron chi connectivity index (χ3n) is 4.53. The minimum Gasteiger partial charge on any atom is -0.447 e. The van der Waals surface area contributed by atoms with Crippen molar-refractivity contribution in [1.29, 1.82) is 0 Å². The van der Waals surface area contributed by atoms with Crippen LogP contribution >= 0.6 is 11.8 Å². The fourth-order valence-corrected chi connectivity index (χ4v) is 4.31. The lowest BCUT2D eigenvalue weighted by Gasteiger charge is -2.26. The number of nitrogens with zero attached hydrogens (tertiary/aromatic N) is 1. The summed E-state index contributed by atoms with van der Waals surface area (Å²) in [5.74, 6) is 1.28. The highest BCUT2D eigenvalue weighted by Crippen LogP contribution is 2.37.